The first-order valence-corrected chi connectivity index (χ1v) is 8.78. The summed E-state index contributed by atoms with van der Waals surface area (Å²) in [4.78, 5) is 13.1. The van der Waals surface area contributed by atoms with Crippen LogP contribution in [0, 0.1) is 6.92 Å². The second-order valence-electron chi connectivity index (χ2n) is 6.67. The van der Waals surface area contributed by atoms with Gasteiger partial charge in [-0.25, -0.2) is 0 Å². The molecule has 0 radical (unpaired) electrons. The van der Waals surface area contributed by atoms with Crippen LogP contribution in [0.4, 0.5) is 0 Å². The SMILES string of the molecule is Cc1ccc(C(C)(C)C)cc1SCC(=O)OCc1ccccc1. The summed E-state index contributed by atoms with van der Waals surface area (Å²) in [6, 6.07) is 16.2. The van der Waals surface area contributed by atoms with Crippen molar-refractivity contribution in [2.45, 2.75) is 44.6 Å². The third-order valence-corrected chi connectivity index (χ3v) is 4.77. The Hall–Kier alpha value is -1.74. The molecule has 0 spiro atoms. The molecule has 2 aromatic carbocycles. The van der Waals surface area contributed by atoms with Crippen molar-refractivity contribution in [3.05, 3.63) is 65.2 Å². The molecule has 0 aliphatic heterocycles. The average Bonchev–Trinajstić information content (AvgIpc) is 2.52. The first-order valence-electron chi connectivity index (χ1n) is 7.80. The number of rotatable bonds is 5. The Morgan fingerprint density at radius 1 is 1.09 bits per heavy atom. The van der Waals surface area contributed by atoms with Gasteiger partial charge in [0.2, 0.25) is 0 Å². The Morgan fingerprint density at radius 3 is 2.43 bits per heavy atom. The lowest BCUT2D eigenvalue weighted by Gasteiger charge is -2.20. The minimum atomic E-state index is -0.181. The highest BCUT2D eigenvalue weighted by Gasteiger charge is 2.15. The Bertz CT molecular complexity index is 657. The van der Waals surface area contributed by atoms with Crippen LogP contribution in [0.25, 0.3) is 0 Å². The zero-order valence-corrected chi connectivity index (χ0v) is 15.1. The second-order valence-corrected chi connectivity index (χ2v) is 7.68. The lowest BCUT2D eigenvalue weighted by Crippen LogP contribution is -2.11. The van der Waals surface area contributed by atoms with E-state index in [1.54, 1.807) is 11.8 Å². The maximum absolute atomic E-state index is 11.9. The van der Waals surface area contributed by atoms with E-state index in [4.69, 9.17) is 4.74 Å². The third-order valence-electron chi connectivity index (χ3n) is 3.64. The summed E-state index contributed by atoms with van der Waals surface area (Å²) in [6.07, 6.45) is 0. The fourth-order valence-electron chi connectivity index (χ4n) is 2.14. The molecule has 3 heteroatoms. The summed E-state index contributed by atoms with van der Waals surface area (Å²) >= 11 is 1.55. The van der Waals surface area contributed by atoms with Gasteiger partial charge in [-0.1, -0.05) is 63.2 Å². The van der Waals surface area contributed by atoms with Crippen molar-refractivity contribution in [1.82, 2.24) is 0 Å². The van der Waals surface area contributed by atoms with Gasteiger partial charge in [0.05, 0.1) is 5.75 Å². The van der Waals surface area contributed by atoms with E-state index in [-0.39, 0.29) is 11.4 Å². The number of esters is 1. The molecule has 0 aromatic heterocycles. The molecule has 122 valence electrons. The maximum atomic E-state index is 11.9. The van der Waals surface area contributed by atoms with Crippen molar-refractivity contribution in [3.8, 4) is 0 Å². The highest BCUT2D eigenvalue weighted by atomic mass is 32.2. The first kappa shape index (κ1) is 17.6. The predicted octanol–water partition coefficient (Wildman–Crippen LogP) is 5.13. The molecule has 0 fully saturated rings. The third kappa shape index (κ3) is 5.43. The zero-order chi connectivity index (χ0) is 16.9. The van der Waals surface area contributed by atoms with Crippen molar-refractivity contribution < 1.29 is 9.53 Å². The van der Waals surface area contributed by atoms with Crippen LogP contribution in [-0.4, -0.2) is 11.7 Å². The first-order chi connectivity index (χ1) is 10.9. The van der Waals surface area contributed by atoms with Crippen molar-refractivity contribution in [2.75, 3.05) is 5.75 Å². The van der Waals surface area contributed by atoms with Crippen LogP contribution in [0.5, 0.6) is 0 Å². The van der Waals surface area contributed by atoms with Gasteiger partial charge in [0.15, 0.2) is 0 Å². The lowest BCUT2D eigenvalue weighted by atomic mass is 9.87. The molecule has 0 bridgehead atoms. The van der Waals surface area contributed by atoms with E-state index in [9.17, 15) is 4.79 Å². The Balaban J connectivity index is 1.91. The topological polar surface area (TPSA) is 26.3 Å². The van der Waals surface area contributed by atoms with E-state index >= 15 is 0 Å². The van der Waals surface area contributed by atoms with Gasteiger partial charge in [-0.05, 0) is 35.1 Å². The molecule has 23 heavy (non-hydrogen) atoms. The molecule has 0 heterocycles. The quantitative estimate of drug-likeness (QED) is 0.562. The van der Waals surface area contributed by atoms with Crippen LogP contribution in [0.3, 0.4) is 0 Å². The Morgan fingerprint density at radius 2 is 1.78 bits per heavy atom. The van der Waals surface area contributed by atoms with E-state index in [0.717, 1.165) is 10.5 Å². The zero-order valence-electron chi connectivity index (χ0n) is 14.3. The van der Waals surface area contributed by atoms with Crippen molar-refractivity contribution in [3.63, 3.8) is 0 Å². The van der Waals surface area contributed by atoms with Crippen LogP contribution in [0.15, 0.2) is 53.4 Å². The van der Waals surface area contributed by atoms with Gasteiger partial charge in [-0.2, -0.15) is 0 Å². The molecular formula is C20H24O2S. The van der Waals surface area contributed by atoms with Crippen LogP contribution in [0.1, 0.15) is 37.5 Å². The van der Waals surface area contributed by atoms with Crippen LogP contribution in [0.2, 0.25) is 0 Å². The molecule has 2 aromatic rings. The van der Waals surface area contributed by atoms with E-state index < -0.39 is 0 Å². The summed E-state index contributed by atoms with van der Waals surface area (Å²) in [5.41, 5.74) is 3.59. The van der Waals surface area contributed by atoms with Gasteiger partial charge in [-0.3, -0.25) is 4.79 Å². The number of ether oxygens (including phenoxy) is 1. The number of aryl methyl sites for hydroxylation is 1. The fraction of sp³-hybridized carbons (Fsp3) is 0.350. The minimum Gasteiger partial charge on any atom is -0.460 e. The number of hydrogen-bond donors (Lipinski definition) is 0. The highest BCUT2D eigenvalue weighted by molar-refractivity contribution is 8.00. The van der Waals surface area contributed by atoms with Gasteiger partial charge < -0.3 is 4.74 Å². The number of carbonyl (C=O) groups is 1. The summed E-state index contributed by atoms with van der Waals surface area (Å²) in [7, 11) is 0. The second kappa shape index (κ2) is 7.69. The molecule has 0 saturated heterocycles. The maximum Gasteiger partial charge on any atom is 0.316 e. The lowest BCUT2D eigenvalue weighted by molar-refractivity contribution is -0.141. The summed E-state index contributed by atoms with van der Waals surface area (Å²) < 4.78 is 5.33. The molecule has 0 unspecified atom stereocenters. The van der Waals surface area contributed by atoms with Gasteiger partial charge in [0.1, 0.15) is 6.61 Å². The summed E-state index contributed by atoms with van der Waals surface area (Å²) in [5, 5.41) is 0. The summed E-state index contributed by atoms with van der Waals surface area (Å²) in [5.74, 6) is 0.153. The van der Waals surface area contributed by atoms with E-state index in [2.05, 4.69) is 45.9 Å². The average molecular weight is 328 g/mol. The van der Waals surface area contributed by atoms with Crippen molar-refractivity contribution in [2.24, 2.45) is 0 Å². The molecule has 0 aliphatic rings. The minimum absolute atomic E-state index is 0.108. The fourth-order valence-corrected chi connectivity index (χ4v) is 3.00. The smallest absolute Gasteiger partial charge is 0.316 e. The van der Waals surface area contributed by atoms with Crippen LogP contribution < -0.4 is 0 Å². The summed E-state index contributed by atoms with van der Waals surface area (Å²) in [6.45, 7) is 8.99. The molecule has 0 amide bonds. The van der Waals surface area contributed by atoms with E-state index in [1.807, 2.05) is 30.3 Å². The van der Waals surface area contributed by atoms with Crippen molar-refractivity contribution >= 4 is 17.7 Å². The number of thioether (sulfide) groups is 1. The molecule has 0 aliphatic carbocycles. The molecule has 2 rings (SSSR count). The highest BCUT2D eigenvalue weighted by Crippen LogP contribution is 2.29. The van der Waals surface area contributed by atoms with Gasteiger partial charge in [0.25, 0.3) is 0 Å². The number of benzene rings is 2. The van der Waals surface area contributed by atoms with Gasteiger partial charge >= 0.3 is 5.97 Å². The number of carbonyl (C=O) groups excluding carboxylic acids is 1. The normalized spacial score (nSPS) is 11.3. The monoisotopic (exact) mass is 328 g/mol. The molecule has 0 atom stereocenters. The van der Waals surface area contributed by atoms with E-state index in [1.165, 1.54) is 11.1 Å². The Kier molecular flexibility index (Phi) is 5.89. The van der Waals surface area contributed by atoms with E-state index in [0.29, 0.717) is 12.4 Å². The largest absolute Gasteiger partial charge is 0.460 e. The Labute approximate surface area is 143 Å². The van der Waals surface area contributed by atoms with Crippen LogP contribution in [-0.2, 0) is 21.6 Å². The number of hydrogen-bond acceptors (Lipinski definition) is 3. The van der Waals surface area contributed by atoms with Gasteiger partial charge in [-0.15, -0.1) is 11.8 Å². The standard InChI is InChI=1S/C20H24O2S/c1-15-10-11-17(20(2,3)4)12-18(15)23-14-19(21)22-13-16-8-6-5-7-9-16/h5-12H,13-14H2,1-4H3. The van der Waals surface area contributed by atoms with Crippen LogP contribution >= 0.6 is 11.8 Å². The molecule has 2 nitrogen and oxygen atoms in total. The predicted molar refractivity (Wildman–Crippen MR) is 96.8 cm³/mol. The molecule has 0 saturated carbocycles. The van der Waals surface area contributed by atoms with Gasteiger partial charge in [0, 0.05) is 4.90 Å². The molecule has 0 N–H and O–H groups in total. The van der Waals surface area contributed by atoms with Crippen molar-refractivity contribution in [1.29, 1.82) is 0 Å². The molecular weight excluding hydrogens is 304 g/mol.